The van der Waals surface area contributed by atoms with Crippen LogP contribution in [0.3, 0.4) is 0 Å². The van der Waals surface area contributed by atoms with Gasteiger partial charge in [-0.05, 0) is 129 Å². The van der Waals surface area contributed by atoms with Gasteiger partial charge in [-0.2, -0.15) is 0 Å². The lowest BCUT2D eigenvalue weighted by atomic mass is 9.33. The van der Waals surface area contributed by atoms with E-state index in [1.165, 1.54) is 78.1 Å². The average molecular weight is 734 g/mol. The Bertz CT molecular complexity index is 2750. The van der Waals surface area contributed by atoms with Crippen LogP contribution in [0.25, 0.3) is 11.1 Å². The van der Waals surface area contributed by atoms with Crippen molar-refractivity contribution >= 4 is 74.3 Å². The first-order valence-electron chi connectivity index (χ1n) is 20.0. The first-order chi connectivity index (χ1) is 27.8. The van der Waals surface area contributed by atoms with E-state index in [0.717, 1.165) is 28.4 Å². The molecule has 0 saturated heterocycles. The second-order valence-electron chi connectivity index (χ2n) is 15.9. The number of para-hydroxylation sites is 2. The van der Waals surface area contributed by atoms with E-state index in [9.17, 15) is 0 Å². The number of nitrogens with zero attached hydrogens (tertiary/aromatic N) is 3. The molecule has 2 aliphatic heterocycles. The van der Waals surface area contributed by atoms with Gasteiger partial charge in [-0.15, -0.1) is 0 Å². The zero-order chi connectivity index (χ0) is 38.8. The Kier molecular flexibility index (Phi) is 8.37. The summed E-state index contributed by atoms with van der Waals surface area (Å²) in [4.78, 5) is 7.48. The molecule has 0 radical (unpaired) electrons. The first kappa shape index (κ1) is 34.7. The van der Waals surface area contributed by atoms with Gasteiger partial charge in [-0.3, -0.25) is 0 Å². The van der Waals surface area contributed by atoms with Crippen LogP contribution in [-0.4, -0.2) is 6.71 Å². The molecule has 0 amide bonds. The normalized spacial score (nSPS) is 12.5. The van der Waals surface area contributed by atoms with Gasteiger partial charge < -0.3 is 14.7 Å². The van der Waals surface area contributed by atoms with Crippen molar-refractivity contribution in [2.24, 2.45) is 0 Å². The molecular formula is C53H44BN3. The SMILES string of the molecule is Cc1ccc(-c2cc(C)ccc2N2c3ccc(C)cc3B3c4cc(C)ccc4N(c4ccc(C)cc4)c4cc(N(c5ccccc5)c5ccccc5)cc2c43)cc1. The summed E-state index contributed by atoms with van der Waals surface area (Å²) in [5.74, 6) is 0. The summed E-state index contributed by atoms with van der Waals surface area (Å²) in [7, 11) is 0. The number of fused-ring (bicyclic) bond motifs is 4. The van der Waals surface area contributed by atoms with Crippen molar-refractivity contribution in [2.45, 2.75) is 34.6 Å². The van der Waals surface area contributed by atoms with Crippen LogP contribution in [0.1, 0.15) is 27.8 Å². The minimum absolute atomic E-state index is 0.0296. The predicted molar refractivity (Wildman–Crippen MR) is 244 cm³/mol. The molecule has 0 aliphatic carbocycles. The standard InChI is InChI=1S/C53H44BN3/c1-35-16-23-40(24-17-35)45-30-37(3)20-27-48(45)57-50-29-22-39(5)32-47(50)54-46-31-38(4)21-28-49(46)56(43-25-18-36(2)19-26-43)51-33-44(34-52(57)53(51)54)55(41-12-8-6-9-13-41)42-14-10-7-11-15-42/h6-34H,1-5H3. The van der Waals surface area contributed by atoms with E-state index in [0.29, 0.717) is 0 Å². The van der Waals surface area contributed by atoms with E-state index in [1.54, 1.807) is 0 Å². The Morgan fingerprint density at radius 3 is 1.39 bits per heavy atom. The van der Waals surface area contributed by atoms with Crippen molar-refractivity contribution in [1.29, 1.82) is 0 Å². The van der Waals surface area contributed by atoms with Crippen LogP contribution in [-0.2, 0) is 0 Å². The third kappa shape index (κ3) is 5.92. The highest BCUT2D eigenvalue weighted by molar-refractivity contribution is 7.00. The molecule has 4 heteroatoms. The van der Waals surface area contributed by atoms with Crippen LogP contribution in [0.15, 0.2) is 176 Å². The number of anilines is 9. The summed E-state index contributed by atoms with van der Waals surface area (Å²) >= 11 is 0. The molecule has 8 aromatic carbocycles. The molecule has 0 spiro atoms. The molecule has 0 fully saturated rings. The average Bonchev–Trinajstić information content (AvgIpc) is 3.23. The lowest BCUT2D eigenvalue weighted by Gasteiger charge is -2.45. The maximum atomic E-state index is 2.56. The molecule has 3 nitrogen and oxygen atoms in total. The largest absolute Gasteiger partial charge is 0.311 e. The lowest BCUT2D eigenvalue weighted by Crippen LogP contribution is -2.61. The summed E-state index contributed by atoms with van der Waals surface area (Å²) in [6.07, 6.45) is 0. The zero-order valence-corrected chi connectivity index (χ0v) is 33.2. The first-order valence-corrected chi connectivity index (χ1v) is 20.0. The van der Waals surface area contributed by atoms with Gasteiger partial charge in [-0.25, -0.2) is 0 Å². The Labute approximate surface area is 337 Å². The number of hydrogen-bond acceptors (Lipinski definition) is 3. The molecule has 2 heterocycles. The van der Waals surface area contributed by atoms with E-state index in [4.69, 9.17) is 0 Å². The minimum atomic E-state index is 0.0296. The summed E-state index contributed by atoms with van der Waals surface area (Å²) in [6.45, 7) is 11.0. The summed E-state index contributed by atoms with van der Waals surface area (Å²) in [5, 5.41) is 0. The molecule has 0 aromatic heterocycles. The van der Waals surface area contributed by atoms with Crippen LogP contribution < -0.4 is 31.1 Å². The second-order valence-corrected chi connectivity index (χ2v) is 15.9. The quantitative estimate of drug-likeness (QED) is 0.158. The van der Waals surface area contributed by atoms with Gasteiger partial charge in [0, 0.05) is 45.4 Å². The van der Waals surface area contributed by atoms with Crippen molar-refractivity contribution in [2.75, 3.05) is 14.7 Å². The fourth-order valence-electron chi connectivity index (χ4n) is 9.00. The number of aryl methyl sites for hydroxylation is 5. The van der Waals surface area contributed by atoms with Gasteiger partial charge in [0.15, 0.2) is 0 Å². The van der Waals surface area contributed by atoms with Crippen molar-refractivity contribution in [3.05, 3.63) is 204 Å². The molecule has 0 N–H and O–H groups in total. The smallest absolute Gasteiger partial charge is 0.252 e. The number of benzene rings is 8. The molecule has 274 valence electrons. The Balaban J connectivity index is 1.35. The van der Waals surface area contributed by atoms with E-state index in [-0.39, 0.29) is 6.71 Å². The molecule has 10 rings (SSSR count). The highest BCUT2D eigenvalue weighted by Crippen LogP contribution is 2.49. The molecule has 0 saturated carbocycles. The van der Waals surface area contributed by atoms with Gasteiger partial charge in [0.05, 0.1) is 11.4 Å². The van der Waals surface area contributed by atoms with Gasteiger partial charge >= 0.3 is 0 Å². The van der Waals surface area contributed by atoms with E-state index >= 15 is 0 Å². The fraction of sp³-hybridized carbons (Fsp3) is 0.0943. The summed E-state index contributed by atoms with van der Waals surface area (Å²) in [5.41, 5.74) is 23.0. The monoisotopic (exact) mass is 733 g/mol. The van der Waals surface area contributed by atoms with Gasteiger partial charge in [0.25, 0.3) is 6.71 Å². The van der Waals surface area contributed by atoms with Crippen molar-refractivity contribution < 1.29 is 0 Å². The van der Waals surface area contributed by atoms with Crippen LogP contribution in [0, 0.1) is 34.6 Å². The molecule has 2 aliphatic rings. The van der Waals surface area contributed by atoms with Crippen LogP contribution in [0.2, 0.25) is 0 Å². The van der Waals surface area contributed by atoms with Crippen LogP contribution in [0.5, 0.6) is 0 Å². The van der Waals surface area contributed by atoms with Gasteiger partial charge in [-0.1, -0.05) is 131 Å². The van der Waals surface area contributed by atoms with Crippen LogP contribution in [0.4, 0.5) is 51.2 Å². The maximum absolute atomic E-state index is 2.56. The lowest BCUT2D eigenvalue weighted by molar-refractivity contribution is 1.22. The molecule has 8 aromatic rings. The second kappa shape index (κ2) is 13.8. The fourth-order valence-corrected chi connectivity index (χ4v) is 9.00. The Morgan fingerprint density at radius 1 is 0.368 bits per heavy atom. The molecule has 0 bridgehead atoms. The van der Waals surface area contributed by atoms with Crippen molar-refractivity contribution in [3.63, 3.8) is 0 Å². The highest BCUT2D eigenvalue weighted by atomic mass is 15.2. The summed E-state index contributed by atoms with van der Waals surface area (Å²) in [6, 6.07) is 65.5. The van der Waals surface area contributed by atoms with Crippen molar-refractivity contribution in [3.8, 4) is 11.1 Å². The van der Waals surface area contributed by atoms with Crippen molar-refractivity contribution in [1.82, 2.24) is 0 Å². The summed E-state index contributed by atoms with van der Waals surface area (Å²) < 4.78 is 0. The molecule has 0 atom stereocenters. The van der Waals surface area contributed by atoms with E-state index in [2.05, 4.69) is 225 Å². The topological polar surface area (TPSA) is 9.72 Å². The third-order valence-electron chi connectivity index (χ3n) is 11.7. The van der Waals surface area contributed by atoms with E-state index < -0.39 is 0 Å². The number of rotatable bonds is 6. The Morgan fingerprint density at radius 2 is 0.825 bits per heavy atom. The molecular weight excluding hydrogens is 689 g/mol. The highest BCUT2D eigenvalue weighted by Gasteiger charge is 2.44. The Hall–Kier alpha value is -6.78. The molecule has 57 heavy (non-hydrogen) atoms. The van der Waals surface area contributed by atoms with Crippen LogP contribution >= 0.6 is 0 Å². The third-order valence-corrected chi connectivity index (χ3v) is 11.7. The van der Waals surface area contributed by atoms with E-state index in [1.807, 2.05) is 0 Å². The van der Waals surface area contributed by atoms with Gasteiger partial charge in [0.2, 0.25) is 0 Å². The minimum Gasteiger partial charge on any atom is -0.311 e. The number of hydrogen-bond donors (Lipinski definition) is 0. The zero-order valence-electron chi connectivity index (χ0n) is 33.2. The molecule has 0 unspecified atom stereocenters. The predicted octanol–water partition coefficient (Wildman–Crippen LogP) is 12.4. The maximum Gasteiger partial charge on any atom is 0.252 e. The van der Waals surface area contributed by atoms with Gasteiger partial charge in [0.1, 0.15) is 0 Å².